The summed E-state index contributed by atoms with van der Waals surface area (Å²) in [6.45, 7) is 28.8. The third-order valence-electron chi connectivity index (χ3n) is 18.6. The van der Waals surface area contributed by atoms with Gasteiger partial charge in [0, 0.05) is 42.3 Å². The zero-order chi connectivity index (χ0) is 79.3. The van der Waals surface area contributed by atoms with E-state index < -0.39 is 144 Å². The van der Waals surface area contributed by atoms with Gasteiger partial charge in [-0.1, -0.05) is 89.7 Å². The fraction of sp³-hybridized carbons (Fsp3) is 0.639. The second kappa shape index (κ2) is 33.6. The van der Waals surface area contributed by atoms with Gasteiger partial charge >= 0.3 is 50.9 Å². The van der Waals surface area contributed by atoms with E-state index in [1.807, 2.05) is 19.9 Å². The van der Waals surface area contributed by atoms with Crippen molar-refractivity contribution in [3.63, 3.8) is 0 Å². The van der Waals surface area contributed by atoms with Gasteiger partial charge in [-0.3, -0.25) is 14.4 Å². The van der Waals surface area contributed by atoms with Gasteiger partial charge in [0.05, 0.1) is 58.1 Å². The Morgan fingerprint density at radius 3 is 1.43 bits per heavy atom. The number of fused-ring (bicyclic) bond motifs is 2. The number of para-hydroxylation sites is 2. The number of aromatic nitrogens is 2. The highest BCUT2D eigenvalue weighted by atomic mass is 35.5. The lowest BCUT2D eigenvalue weighted by atomic mass is 10.0. The summed E-state index contributed by atoms with van der Waals surface area (Å²) in [7, 11) is -9.25. The van der Waals surface area contributed by atoms with E-state index in [9.17, 15) is 55.2 Å². The standard InChI is InChI=1S/C36H49ClN4O11S.C26H32ClN3O8S.C10H19NO4/c1-9-21-18-36(21,32(44)51-53(46,47)52-35(8)14-15-35)40-30(42)25-16-22(19-41(25)31(43)28(20(3)4)39-33(45)50-34(5,6)7)49-26-17-27(48-10-2)38-29-23(26)12-11-13-24(29)37;1-4-15-13-26(15,24(32)37-39(33,34)38-25(3)9-10-25)30-23(31)19-11-16(14-28-19)36-20-12-21(35-5-2)29-22-17(20)7-6-8-18(22)27;1-6(2)7(8(12)13)11-9(14)15-10(3,4)5/h11-13,17,20-22,25,28H,9-10,14-16,18-19H2,1-8H3,(H,39,45)(H,40,42);6-8,12,15-16,19,28H,4-5,9-11,13-14H2,1-3H3,(H,30,31);6-7H,1-5H3,(H,11,14)(H,12,13)/t21?,22-,25?,28+,36-;15?,16-,19?,26-;7-/m110/s1. The number of likely N-dealkylation sites (tertiary alicyclic amines) is 1. The Bertz CT molecular complexity index is 4220. The van der Waals surface area contributed by atoms with Crippen molar-refractivity contribution in [2.24, 2.45) is 23.7 Å². The molecule has 0 bridgehead atoms. The van der Waals surface area contributed by atoms with Crippen molar-refractivity contribution in [3.8, 4) is 23.3 Å². The summed E-state index contributed by atoms with van der Waals surface area (Å²) in [6.07, 6.45) is 1.19. The van der Waals surface area contributed by atoms with Crippen LogP contribution in [0.3, 0.4) is 0 Å². The maximum Gasteiger partial charge on any atom is 0.452 e. The van der Waals surface area contributed by atoms with Crippen LogP contribution in [-0.4, -0.2) is 181 Å². The Balaban J connectivity index is 0.000000233. The monoisotopic (exact) mass is 1580 g/mol. The van der Waals surface area contributed by atoms with Gasteiger partial charge in [-0.2, -0.15) is 16.8 Å². The number of benzene rings is 2. The first kappa shape index (κ1) is 84.8. The zero-order valence-corrected chi connectivity index (χ0v) is 66.3. The topological polar surface area (TPSA) is 407 Å². The van der Waals surface area contributed by atoms with E-state index in [1.54, 1.807) is 139 Å². The summed E-state index contributed by atoms with van der Waals surface area (Å²) in [5, 5.41) is 24.5. The molecule has 107 heavy (non-hydrogen) atoms. The molecule has 4 aliphatic carbocycles. The van der Waals surface area contributed by atoms with Gasteiger partial charge in [-0.05, 0) is 156 Å². The Labute approximate surface area is 633 Å². The molecule has 31 nitrogen and oxygen atoms in total. The quantitative estimate of drug-likeness (QED) is 0.0308. The number of carboxylic acids is 1. The molecule has 4 heterocycles. The van der Waals surface area contributed by atoms with Gasteiger partial charge in [0.25, 0.3) is 0 Å². The number of rotatable bonds is 28. The summed E-state index contributed by atoms with van der Waals surface area (Å²) >= 11 is 12.8. The molecule has 5 amide bonds. The Kier molecular flexibility index (Phi) is 26.6. The molecule has 4 unspecified atom stereocenters. The van der Waals surface area contributed by atoms with Gasteiger partial charge in [-0.25, -0.2) is 42.3 Å². The van der Waals surface area contributed by atoms with E-state index in [0.29, 0.717) is 114 Å². The molecule has 2 aliphatic heterocycles. The fourth-order valence-corrected chi connectivity index (χ4v) is 14.8. The van der Waals surface area contributed by atoms with Gasteiger partial charge in [0.1, 0.15) is 64.1 Å². The summed E-state index contributed by atoms with van der Waals surface area (Å²) in [5.41, 5.74) is -5.29. The van der Waals surface area contributed by atoms with Crippen molar-refractivity contribution in [2.75, 3.05) is 26.3 Å². The van der Waals surface area contributed by atoms with Crippen LogP contribution in [0.25, 0.3) is 21.8 Å². The lowest BCUT2D eigenvalue weighted by Gasteiger charge is -2.31. The average Bonchev–Trinajstić information content (AvgIpc) is 1.57. The minimum atomic E-state index is -4.71. The average molecular weight is 1580 g/mol. The van der Waals surface area contributed by atoms with Crippen molar-refractivity contribution in [1.82, 2.24) is 41.5 Å². The molecule has 2 aromatic heterocycles. The predicted molar refractivity (Wildman–Crippen MR) is 391 cm³/mol. The predicted octanol–water partition coefficient (Wildman–Crippen LogP) is 9.49. The molecule has 2 saturated heterocycles. The maximum absolute atomic E-state index is 14.3. The third-order valence-corrected chi connectivity index (χ3v) is 21.1. The van der Waals surface area contributed by atoms with Crippen LogP contribution in [0.2, 0.25) is 10.0 Å². The number of amides is 5. The smallest absolute Gasteiger partial charge is 0.452 e. The molecule has 592 valence electrons. The highest BCUT2D eigenvalue weighted by Gasteiger charge is 2.65. The van der Waals surface area contributed by atoms with Crippen molar-refractivity contribution >= 4 is 114 Å². The number of nitrogens with zero attached hydrogens (tertiary/aromatic N) is 3. The van der Waals surface area contributed by atoms with Crippen LogP contribution in [0.1, 0.15) is 175 Å². The highest BCUT2D eigenvalue weighted by molar-refractivity contribution is 7.82. The maximum atomic E-state index is 14.3. The van der Waals surface area contributed by atoms with Gasteiger partial charge in [-0.15, -0.1) is 0 Å². The van der Waals surface area contributed by atoms with E-state index in [1.165, 1.54) is 4.90 Å². The molecule has 6 fully saturated rings. The Morgan fingerprint density at radius 2 is 1.05 bits per heavy atom. The Morgan fingerprint density at radius 1 is 0.626 bits per heavy atom. The van der Waals surface area contributed by atoms with Crippen molar-refractivity contribution in [2.45, 2.75) is 245 Å². The van der Waals surface area contributed by atoms with Gasteiger partial charge in [0.15, 0.2) is 0 Å². The molecule has 4 saturated carbocycles. The number of nitrogens with one attached hydrogen (secondary N) is 5. The molecule has 35 heteroatoms. The number of carbonyl (C=O) groups is 8. The third kappa shape index (κ3) is 22.4. The van der Waals surface area contributed by atoms with Gasteiger partial charge in [0.2, 0.25) is 29.5 Å². The van der Waals surface area contributed by atoms with E-state index in [-0.39, 0.29) is 49.6 Å². The molecule has 2 aromatic carbocycles. The number of ether oxygens (including phenoxy) is 6. The first-order valence-electron chi connectivity index (χ1n) is 35.9. The van der Waals surface area contributed by atoms with Crippen LogP contribution in [0.5, 0.6) is 23.3 Å². The number of pyridine rings is 2. The number of carboxylic acid groups (broad SMARTS) is 1. The van der Waals surface area contributed by atoms with Crippen molar-refractivity contribution in [3.05, 3.63) is 58.6 Å². The molecule has 10 rings (SSSR count). The second-order valence-electron chi connectivity index (χ2n) is 30.7. The first-order chi connectivity index (χ1) is 49.8. The molecular formula is C72H100Cl2N8O23S2. The second-order valence-corrected chi connectivity index (χ2v) is 33.8. The number of aliphatic carboxylic acids is 1. The van der Waals surface area contributed by atoms with E-state index in [2.05, 4.69) is 36.6 Å². The number of carbonyl (C=O) groups excluding carboxylic acids is 7. The van der Waals surface area contributed by atoms with Gasteiger partial charge < -0.3 is 73.4 Å². The highest BCUT2D eigenvalue weighted by Crippen LogP contribution is 2.50. The zero-order valence-electron chi connectivity index (χ0n) is 63.1. The molecule has 0 radical (unpaired) electrons. The largest absolute Gasteiger partial charge is 0.488 e. The molecule has 6 N–H and O–H groups in total. The lowest BCUT2D eigenvalue weighted by Crippen LogP contribution is -2.58. The lowest BCUT2D eigenvalue weighted by molar-refractivity contribution is -0.145. The van der Waals surface area contributed by atoms with Crippen molar-refractivity contribution in [1.29, 1.82) is 0 Å². The minimum Gasteiger partial charge on any atom is -0.488 e. The van der Waals surface area contributed by atoms with Crippen LogP contribution in [0.15, 0.2) is 48.5 Å². The van der Waals surface area contributed by atoms with Crippen LogP contribution in [0, 0.1) is 23.7 Å². The summed E-state index contributed by atoms with van der Waals surface area (Å²) in [4.78, 5) is 113. The number of alkyl carbamates (subject to hydrolysis) is 2. The fourth-order valence-electron chi connectivity index (χ4n) is 12.3. The van der Waals surface area contributed by atoms with Crippen molar-refractivity contribution < 1.29 is 105 Å². The normalized spacial score (nSPS) is 23.6. The molecule has 6 aliphatic rings. The summed E-state index contributed by atoms with van der Waals surface area (Å²) in [6, 6.07) is 10.0. The van der Waals surface area contributed by atoms with Crippen LogP contribution in [0.4, 0.5) is 9.59 Å². The van der Waals surface area contributed by atoms with E-state index in [4.69, 9.17) is 73.5 Å². The van der Waals surface area contributed by atoms with Crippen LogP contribution >= 0.6 is 23.2 Å². The molecule has 4 aromatic rings. The number of hydrogen-bond acceptors (Lipinski definition) is 25. The van der Waals surface area contributed by atoms with Crippen LogP contribution in [-0.2, 0) is 75.8 Å². The molecule has 0 spiro atoms. The Hall–Kier alpha value is -7.82. The summed E-state index contributed by atoms with van der Waals surface area (Å²) < 4.78 is 104. The van der Waals surface area contributed by atoms with E-state index in [0.717, 1.165) is 0 Å². The van der Waals surface area contributed by atoms with Crippen LogP contribution < -0.4 is 45.5 Å². The minimum absolute atomic E-state index is 0.0230. The number of hydrogen-bond donors (Lipinski definition) is 6. The number of halogens is 2. The molecule has 10 atom stereocenters. The SMILES string of the molecule is CC(C)[C@H](NC(=O)OC(C)(C)C)C(=O)O.CCOc1cc(O[C@@H]2CC(C(=O)N[C@]3(C(=O)OS(=O)(=O)OC4(C)CC4)CC3CC)N(C(=O)[C@@H](NC(=O)OC(C)(C)C)C(C)C)C2)c2cccc(Cl)c2n1.CCOc1cc(O[C@H]2CNC(C(=O)N[C@]3(C(=O)OS(=O)(=O)OC4(C)CC4)CC3CC)C2)c2cccc(Cl)c2n1. The summed E-state index contributed by atoms with van der Waals surface area (Å²) in [5.74, 6) is -4.73. The van der Waals surface area contributed by atoms with E-state index >= 15 is 0 Å². The molecular weight excluding hydrogens is 1480 g/mol. The first-order valence-corrected chi connectivity index (χ1v) is 39.3.